The highest BCUT2D eigenvalue weighted by atomic mass is 16.5. The lowest BCUT2D eigenvalue weighted by Crippen LogP contribution is -2.51. The van der Waals surface area contributed by atoms with Crippen LogP contribution >= 0.6 is 0 Å². The zero-order chi connectivity index (χ0) is 23.7. The second-order valence-corrected chi connectivity index (χ2v) is 10.2. The molecule has 0 radical (unpaired) electrons. The number of hydrogen-bond acceptors (Lipinski definition) is 6. The normalized spacial score (nSPS) is 19.3. The van der Waals surface area contributed by atoms with Crippen molar-refractivity contribution in [1.82, 2.24) is 20.3 Å². The Labute approximate surface area is 189 Å². The van der Waals surface area contributed by atoms with Crippen molar-refractivity contribution in [2.75, 3.05) is 32.8 Å². The van der Waals surface area contributed by atoms with Gasteiger partial charge in [-0.2, -0.15) is 0 Å². The maximum atomic E-state index is 13.2. The molecule has 3 amide bonds. The first-order chi connectivity index (χ1) is 14.9. The van der Waals surface area contributed by atoms with Gasteiger partial charge in [0.2, 0.25) is 11.8 Å². The zero-order valence-corrected chi connectivity index (χ0v) is 20.1. The second-order valence-electron chi connectivity index (χ2n) is 10.2. The van der Waals surface area contributed by atoms with Gasteiger partial charge in [0.15, 0.2) is 0 Å². The number of rotatable bonds is 5. The van der Waals surface area contributed by atoms with E-state index in [2.05, 4.69) is 10.5 Å². The molecule has 178 valence electrons. The molecule has 0 aliphatic carbocycles. The summed E-state index contributed by atoms with van der Waals surface area (Å²) in [6, 6.07) is -0.692. The van der Waals surface area contributed by atoms with Crippen LogP contribution in [-0.2, 0) is 14.3 Å². The minimum Gasteiger partial charge on any atom is -0.373 e. The first-order valence-corrected chi connectivity index (χ1v) is 11.3. The Bertz CT molecular complexity index is 845. The SMILES string of the molecule is CC(=O)N[C@@H](COC(C)(C)C)C(=O)N1CCC2(CCN(C(=O)c3c(C)noc3C)CC2)C1. The van der Waals surface area contributed by atoms with Crippen molar-refractivity contribution < 1.29 is 23.6 Å². The molecule has 0 saturated carbocycles. The third-order valence-electron chi connectivity index (χ3n) is 6.47. The van der Waals surface area contributed by atoms with Gasteiger partial charge < -0.3 is 24.4 Å². The largest absolute Gasteiger partial charge is 0.373 e. The van der Waals surface area contributed by atoms with Crippen LogP contribution in [0.5, 0.6) is 0 Å². The van der Waals surface area contributed by atoms with Crippen LogP contribution in [0, 0.1) is 19.3 Å². The molecule has 1 N–H and O–H groups in total. The summed E-state index contributed by atoms with van der Waals surface area (Å²) in [6.07, 6.45) is 2.59. The molecule has 9 heteroatoms. The maximum absolute atomic E-state index is 13.2. The third-order valence-corrected chi connectivity index (χ3v) is 6.47. The Morgan fingerprint density at radius 2 is 1.72 bits per heavy atom. The number of carbonyl (C=O) groups excluding carboxylic acids is 3. The summed E-state index contributed by atoms with van der Waals surface area (Å²) < 4.78 is 10.9. The fourth-order valence-electron chi connectivity index (χ4n) is 4.64. The molecule has 2 fully saturated rings. The highest BCUT2D eigenvalue weighted by Crippen LogP contribution is 2.41. The van der Waals surface area contributed by atoms with E-state index < -0.39 is 11.6 Å². The summed E-state index contributed by atoms with van der Waals surface area (Å²) in [5.74, 6) is 0.162. The molecule has 2 saturated heterocycles. The highest BCUT2D eigenvalue weighted by Gasteiger charge is 2.44. The Morgan fingerprint density at radius 1 is 1.12 bits per heavy atom. The number of ether oxygens (including phenoxy) is 1. The Balaban J connectivity index is 1.60. The van der Waals surface area contributed by atoms with Crippen LogP contribution in [-0.4, -0.2) is 77.1 Å². The summed E-state index contributed by atoms with van der Waals surface area (Å²) in [5, 5.41) is 6.64. The van der Waals surface area contributed by atoms with E-state index in [0.717, 1.165) is 19.3 Å². The Hall–Kier alpha value is -2.42. The van der Waals surface area contributed by atoms with Crippen LogP contribution in [0.2, 0.25) is 0 Å². The molecule has 0 bridgehead atoms. The molecule has 32 heavy (non-hydrogen) atoms. The predicted octanol–water partition coefficient (Wildman–Crippen LogP) is 2.07. The van der Waals surface area contributed by atoms with E-state index in [1.807, 2.05) is 30.6 Å². The molecule has 3 heterocycles. The van der Waals surface area contributed by atoms with Crippen molar-refractivity contribution in [2.45, 2.75) is 72.4 Å². The van der Waals surface area contributed by atoms with Crippen molar-refractivity contribution in [1.29, 1.82) is 0 Å². The number of hydrogen-bond donors (Lipinski definition) is 1. The summed E-state index contributed by atoms with van der Waals surface area (Å²) in [7, 11) is 0. The Morgan fingerprint density at radius 3 is 2.22 bits per heavy atom. The van der Waals surface area contributed by atoms with Gasteiger partial charge in [-0.25, -0.2) is 0 Å². The molecular formula is C23H36N4O5. The van der Waals surface area contributed by atoms with Crippen LogP contribution in [0.15, 0.2) is 4.52 Å². The van der Waals surface area contributed by atoms with Crippen LogP contribution in [0.3, 0.4) is 0 Å². The van der Waals surface area contributed by atoms with Crippen LogP contribution in [0.1, 0.15) is 68.8 Å². The van der Waals surface area contributed by atoms with E-state index in [1.165, 1.54) is 6.92 Å². The van der Waals surface area contributed by atoms with Crippen LogP contribution in [0.25, 0.3) is 0 Å². The maximum Gasteiger partial charge on any atom is 0.259 e. The topological polar surface area (TPSA) is 105 Å². The number of likely N-dealkylation sites (tertiary alicyclic amines) is 2. The Kier molecular flexibility index (Phi) is 6.97. The molecule has 1 atom stereocenters. The van der Waals surface area contributed by atoms with E-state index in [1.54, 1.807) is 13.8 Å². The van der Waals surface area contributed by atoms with Crippen LogP contribution in [0.4, 0.5) is 0 Å². The van der Waals surface area contributed by atoms with Crippen molar-refractivity contribution in [2.24, 2.45) is 5.41 Å². The fraction of sp³-hybridized carbons (Fsp3) is 0.739. The van der Waals surface area contributed by atoms with E-state index in [0.29, 0.717) is 43.2 Å². The number of aromatic nitrogens is 1. The summed E-state index contributed by atoms with van der Waals surface area (Å²) in [6.45, 7) is 13.5. The van der Waals surface area contributed by atoms with Crippen LogP contribution < -0.4 is 5.32 Å². The molecule has 1 spiro atoms. The number of nitrogens with one attached hydrogen (secondary N) is 1. The van der Waals surface area contributed by atoms with Gasteiger partial charge in [0.1, 0.15) is 17.4 Å². The summed E-state index contributed by atoms with van der Waals surface area (Å²) >= 11 is 0. The first-order valence-electron chi connectivity index (χ1n) is 11.3. The number of carbonyl (C=O) groups is 3. The second kappa shape index (κ2) is 9.21. The van der Waals surface area contributed by atoms with Gasteiger partial charge in [0, 0.05) is 33.1 Å². The van der Waals surface area contributed by atoms with Gasteiger partial charge in [0.25, 0.3) is 5.91 Å². The lowest BCUT2D eigenvalue weighted by atomic mass is 9.77. The lowest BCUT2D eigenvalue weighted by molar-refractivity contribution is -0.139. The van der Waals surface area contributed by atoms with E-state index >= 15 is 0 Å². The monoisotopic (exact) mass is 448 g/mol. The smallest absolute Gasteiger partial charge is 0.259 e. The molecule has 9 nitrogen and oxygen atoms in total. The van der Waals surface area contributed by atoms with Crippen molar-refractivity contribution in [3.05, 3.63) is 17.0 Å². The quantitative estimate of drug-likeness (QED) is 0.739. The van der Waals surface area contributed by atoms with Gasteiger partial charge in [-0.15, -0.1) is 0 Å². The lowest BCUT2D eigenvalue weighted by Gasteiger charge is -2.39. The molecule has 0 aromatic carbocycles. The number of amides is 3. The molecule has 1 aromatic heterocycles. The first kappa shape index (κ1) is 24.2. The van der Waals surface area contributed by atoms with Gasteiger partial charge in [0.05, 0.1) is 17.9 Å². The van der Waals surface area contributed by atoms with E-state index in [9.17, 15) is 14.4 Å². The molecule has 0 unspecified atom stereocenters. The van der Waals surface area contributed by atoms with Crippen molar-refractivity contribution >= 4 is 17.7 Å². The average molecular weight is 449 g/mol. The van der Waals surface area contributed by atoms with Crippen molar-refractivity contribution in [3.8, 4) is 0 Å². The minimum atomic E-state index is -0.692. The van der Waals surface area contributed by atoms with Gasteiger partial charge >= 0.3 is 0 Å². The number of piperidine rings is 1. The molecule has 1 aromatic rings. The predicted molar refractivity (Wildman–Crippen MR) is 118 cm³/mol. The average Bonchev–Trinajstić information content (AvgIpc) is 3.27. The molecule has 2 aliphatic heterocycles. The van der Waals surface area contributed by atoms with Gasteiger partial charge in [-0.3, -0.25) is 14.4 Å². The highest BCUT2D eigenvalue weighted by molar-refractivity contribution is 5.96. The molecule has 2 aliphatic rings. The fourth-order valence-corrected chi connectivity index (χ4v) is 4.64. The number of nitrogens with zero attached hydrogens (tertiary/aromatic N) is 3. The molecular weight excluding hydrogens is 412 g/mol. The van der Waals surface area contributed by atoms with E-state index in [4.69, 9.17) is 9.26 Å². The van der Waals surface area contributed by atoms with Crippen molar-refractivity contribution in [3.63, 3.8) is 0 Å². The van der Waals surface area contributed by atoms with Gasteiger partial charge in [-0.05, 0) is 59.3 Å². The standard InChI is InChI=1S/C23H36N4O5/c1-15-19(16(2)32-25-15)21(30)26-10-7-23(8-11-26)9-12-27(14-23)20(29)18(24-17(3)28)13-31-22(4,5)6/h18H,7-14H2,1-6H3,(H,24,28)/t18-/m0/s1. The zero-order valence-electron chi connectivity index (χ0n) is 20.1. The molecule has 3 rings (SSSR count). The summed E-state index contributed by atoms with van der Waals surface area (Å²) in [5.41, 5.74) is 0.786. The third kappa shape index (κ3) is 5.49. The van der Waals surface area contributed by atoms with E-state index in [-0.39, 0.29) is 29.7 Å². The van der Waals surface area contributed by atoms with Gasteiger partial charge in [-0.1, -0.05) is 5.16 Å². The summed E-state index contributed by atoms with van der Waals surface area (Å²) in [4.78, 5) is 41.5. The minimum absolute atomic E-state index is 0.0107. The number of aryl methyl sites for hydroxylation is 2.